The number of hydrogen-bond acceptors (Lipinski definition) is 4. The van der Waals surface area contributed by atoms with Crippen molar-refractivity contribution < 1.29 is 19.1 Å². The molecule has 0 unspecified atom stereocenters. The van der Waals surface area contributed by atoms with E-state index in [9.17, 15) is 14.4 Å². The van der Waals surface area contributed by atoms with Gasteiger partial charge in [-0.25, -0.2) is 4.79 Å². The molecular weight excluding hydrogens is 282 g/mol. The van der Waals surface area contributed by atoms with E-state index in [1.807, 2.05) is 6.07 Å². The minimum absolute atomic E-state index is 0.133. The lowest BCUT2D eigenvalue weighted by Crippen LogP contribution is -2.30. The van der Waals surface area contributed by atoms with Gasteiger partial charge < -0.3 is 10.5 Å². The summed E-state index contributed by atoms with van der Waals surface area (Å²) in [5, 5.41) is 0. The van der Waals surface area contributed by atoms with Crippen LogP contribution in [0.25, 0.3) is 0 Å². The van der Waals surface area contributed by atoms with Gasteiger partial charge in [0, 0.05) is 11.1 Å². The van der Waals surface area contributed by atoms with Gasteiger partial charge in [0.05, 0.1) is 5.56 Å². The summed E-state index contributed by atoms with van der Waals surface area (Å²) in [6.07, 6.45) is -1.00. The van der Waals surface area contributed by atoms with Crippen molar-refractivity contribution in [2.75, 3.05) is 0 Å². The molecule has 0 spiro atoms. The Morgan fingerprint density at radius 3 is 1.91 bits per heavy atom. The number of hydrogen-bond donors (Lipinski definition) is 1. The summed E-state index contributed by atoms with van der Waals surface area (Å²) in [5.41, 5.74) is 6.31. The van der Waals surface area contributed by atoms with E-state index in [0.29, 0.717) is 11.1 Å². The Bertz CT molecular complexity index is 692. The number of amides is 1. The average Bonchev–Trinajstić information content (AvgIpc) is 2.55. The van der Waals surface area contributed by atoms with E-state index in [2.05, 4.69) is 0 Å². The SMILES string of the molecule is C[C@H](OC(=O)c1ccc(C(=O)c2ccccc2)cc1)C(N)=O. The van der Waals surface area contributed by atoms with Gasteiger partial charge in [-0.05, 0) is 19.1 Å². The van der Waals surface area contributed by atoms with Crippen LogP contribution in [0.5, 0.6) is 0 Å². The highest BCUT2D eigenvalue weighted by atomic mass is 16.5. The van der Waals surface area contributed by atoms with E-state index in [-0.39, 0.29) is 11.3 Å². The number of nitrogens with two attached hydrogens (primary N) is 1. The molecule has 0 radical (unpaired) electrons. The fraction of sp³-hybridized carbons (Fsp3) is 0.118. The minimum Gasteiger partial charge on any atom is -0.449 e. The Labute approximate surface area is 127 Å². The van der Waals surface area contributed by atoms with Crippen LogP contribution >= 0.6 is 0 Å². The lowest BCUT2D eigenvalue weighted by molar-refractivity contribution is -0.125. The normalized spacial score (nSPS) is 11.5. The zero-order chi connectivity index (χ0) is 16.1. The molecule has 5 heteroatoms. The van der Waals surface area contributed by atoms with E-state index in [4.69, 9.17) is 10.5 Å². The summed E-state index contributed by atoms with van der Waals surface area (Å²) in [6.45, 7) is 1.40. The smallest absolute Gasteiger partial charge is 0.338 e. The molecule has 0 fully saturated rings. The van der Waals surface area contributed by atoms with Gasteiger partial charge in [-0.15, -0.1) is 0 Å². The van der Waals surface area contributed by atoms with E-state index in [1.165, 1.54) is 19.1 Å². The minimum atomic E-state index is -1.00. The van der Waals surface area contributed by atoms with Crippen molar-refractivity contribution in [1.82, 2.24) is 0 Å². The molecule has 0 aliphatic carbocycles. The monoisotopic (exact) mass is 297 g/mol. The Morgan fingerprint density at radius 2 is 1.36 bits per heavy atom. The van der Waals surface area contributed by atoms with Crippen LogP contribution in [-0.2, 0) is 9.53 Å². The van der Waals surface area contributed by atoms with Gasteiger partial charge in [-0.2, -0.15) is 0 Å². The van der Waals surface area contributed by atoms with E-state index >= 15 is 0 Å². The summed E-state index contributed by atoms with van der Waals surface area (Å²) >= 11 is 0. The quantitative estimate of drug-likeness (QED) is 0.675. The third-order valence-electron chi connectivity index (χ3n) is 3.10. The van der Waals surface area contributed by atoms with Crippen LogP contribution in [0.3, 0.4) is 0 Å². The van der Waals surface area contributed by atoms with Crippen LogP contribution in [0.15, 0.2) is 54.6 Å². The maximum Gasteiger partial charge on any atom is 0.338 e. The second-order valence-electron chi connectivity index (χ2n) is 4.72. The maximum absolute atomic E-state index is 12.2. The van der Waals surface area contributed by atoms with Crippen LogP contribution in [0.2, 0.25) is 0 Å². The number of esters is 1. The van der Waals surface area contributed by atoms with E-state index in [0.717, 1.165) is 0 Å². The Hall–Kier alpha value is -2.95. The first-order valence-corrected chi connectivity index (χ1v) is 6.69. The molecule has 2 rings (SSSR count). The Balaban J connectivity index is 2.12. The molecular formula is C17H15NO4. The topological polar surface area (TPSA) is 86.5 Å². The van der Waals surface area contributed by atoms with Crippen LogP contribution in [0.4, 0.5) is 0 Å². The second kappa shape index (κ2) is 6.67. The van der Waals surface area contributed by atoms with E-state index in [1.54, 1.807) is 36.4 Å². The largest absolute Gasteiger partial charge is 0.449 e. The molecule has 0 bridgehead atoms. The molecule has 1 atom stereocenters. The molecule has 1 amide bonds. The average molecular weight is 297 g/mol. The van der Waals surface area contributed by atoms with Crippen LogP contribution < -0.4 is 5.73 Å². The van der Waals surface area contributed by atoms with Gasteiger partial charge in [0.15, 0.2) is 11.9 Å². The number of rotatable bonds is 5. The zero-order valence-corrected chi connectivity index (χ0v) is 12.0. The molecule has 0 saturated carbocycles. The van der Waals surface area contributed by atoms with Gasteiger partial charge in [0.2, 0.25) is 0 Å². The number of carbonyl (C=O) groups is 3. The summed E-state index contributed by atoms with van der Waals surface area (Å²) < 4.78 is 4.88. The second-order valence-corrected chi connectivity index (χ2v) is 4.72. The summed E-state index contributed by atoms with van der Waals surface area (Å²) in [4.78, 5) is 34.9. The highest BCUT2D eigenvalue weighted by molar-refractivity contribution is 6.09. The molecule has 0 heterocycles. The lowest BCUT2D eigenvalue weighted by atomic mass is 10.0. The molecule has 5 nitrogen and oxygen atoms in total. The van der Waals surface area contributed by atoms with E-state index < -0.39 is 18.0 Å². The van der Waals surface area contributed by atoms with Crippen LogP contribution in [-0.4, -0.2) is 23.8 Å². The molecule has 22 heavy (non-hydrogen) atoms. The van der Waals surface area contributed by atoms with Crippen molar-refractivity contribution in [3.63, 3.8) is 0 Å². The van der Waals surface area contributed by atoms with Crippen molar-refractivity contribution >= 4 is 17.7 Å². The highest BCUT2D eigenvalue weighted by Gasteiger charge is 2.16. The standard InChI is InChI=1S/C17H15NO4/c1-11(16(18)20)22-17(21)14-9-7-13(8-10-14)15(19)12-5-3-2-4-6-12/h2-11H,1H3,(H2,18,20)/t11-/m0/s1. The van der Waals surface area contributed by atoms with Crippen LogP contribution in [0, 0.1) is 0 Å². The van der Waals surface area contributed by atoms with Crippen molar-refractivity contribution in [3.05, 3.63) is 71.3 Å². The van der Waals surface area contributed by atoms with Crippen molar-refractivity contribution in [2.24, 2.45) is 5.73 Å². The predicted octanol–water partition coefficient (Wildman–Crippen LogP) is 1.95. The van der Waals surface area contributed by atoms with Crippen molar-refractivity contribution in [3.8, 4) is 0 Å². The molecule has 0 aromatic heterocycles. The van der Waals surface area contributed by atoms with Crippen LogP contribution in [0.1, 0.15) is 33.2 Å². The maximum atomic E-state index is 12.2. The van der Waals surface area contributed by atoms with Crippen molar-refractivity contribution in [2.45, 2.75) is 13.0 Å². The number of benzene rings is 2. The summed E-state index contributed by atoms with van der Waals surface area (Å²) in [6, 6.07) is 14.9. The van der Waals surface area contributed by atoms with Gasteiger partial charge in [-0.3, -0.25) is 9.59 Å². The fourth-order valence-electron chi connectivity index (χ4n) is 1.80. The number of ether oxygens (including phenoxy) is 1. The Morgan fingerprint density at radius 1 is 0.864 bits per heavy atom. The Kier molecular flexibility index (Phi) is 4.68. The van der Waals surface area contributed by atoms with Gasteiger partial charge in [-0.1, -0.05) is 42.5 Å². The zero-order valence-electron chi connectivity index (χ0n) is 12.0. The fourth-order valence-corrected chi connectivity index (χ4v) is 1.80. The first kappa shape index (κ1) is 15.4. The summed E-state index contributed by atoms with van der Waals surface area (Å²) in [7, 11) is 0. The third kappa shape index (κ3) is 3.58. The number of primary amides is 1. The molecule has 112 valence electrons. The molecule has 0 aliphatic heterocycles. The lowest BCUT2D eigenvalue weighted by Gasteiger charge is -2.09. The molecule has 2 aromatic carbocycles. The molecule has 2 aromatic rings. The van der Waals surface area contributed by atoms with Gasteiger partial charge in [0.25, 0.3) is 5.91 Å². The van der Waals surface area contributed by atoms with Crippen molar-refractivity contribution in [1.29, 1.82) is 0 Å². The number of ketones is 1. The molecule has 2 N–H and O–H groups in total. The first-order valence-electron chi connectivity index (χ1n) is 6.69. The van der Waals surface area contributed by atoms with Gasteiger partial charge in [0.1, 0.15) is 0 Å². The first-order chi connectivity index (χ1) is 10.5. The molecule has 0 saturated heterocycles. The molecule has 0 aliphatic rings. The third-order valence-corrected chi connectivity index (χ3v) is 3.10. The number of carbonyl (C=O) groups excluding carboxylic acids is 3. The van der Waals surface area contributed by atoms with Gasteiger partial charge >= 0.3 is 5.97 Å². The predicted molar refractivity (Wildman–Crippen MR) is 80.4 cm³/mol. The highest BCUT2D eigenvalue weighted by Crippen LogP contribution is 2.12. The summed E-state index contributed by atoms with van der Waals surface area (Å²) in [5.74, 6) is -1.51.